The van der Waals surface area contributed by atoms with Gasteiger partial charge in [-0.3, -0.25) is 4.90 Å². The Balaban J connectivity index is 1.56. The molecular weight excluding hydrogens is 375 g/mol. The molecule has 1 aliphatic heterocycles. The average Bonchev–Trinajstić information content (AvgIpc) is 3.12. The number of hydrogen-bond donors (Lipinski definition) is 1. The highest BCUT2D eigenvalue weighted by Crippen LogP contribution is 2.26. The third-order valence-corrected chi connectivity index (χ3v) is 5.01. The number of aromatic nitrogens is 2. The molecule has 1 atom stereocenters. The Hall–Kier alpha value is -2.48. The van der Waals surface area contributed by atoms with E-state index in [1.54, 1.807) is 19.1 Å². The third-order valence-electron chi connectivity index (χ3n) is 5.01. The lowest BCUT2D eigenvalue weighted by atomic mass is 10.0. The summed E-state index contributed by atoms with van der Waals surface area (Å²) in [4.78, 5) is 18.7. The van der Waals surface area contributed by atoms with Gasteiger partial charge in [0.2, 0.25) is 11.7 Å². The fourth-order valence-corrected chi connectivity index (χ4v) is 3.37. The Morgan fingerprint density at radius 1 is 1.34 bits per heavy atom. The van der Waals surface area contributed by atoms with Gasteiger partial charge in [-0.15, -0.1) is 0 Å². The molecule has 1 aromatic carbocycles. The Kier molecular flexibility index (Phi) is 6.21. The number of ether oxygens (including phenoxy) is 1. The van der Waals surface area contributed by atoms with Gasteiger partial charge in [-0.1, -0.05) is 5.16 Å². The zero-order chi connectivity index (χ0) is 21.2. The van der Waals surface area contributed by atoms with Crippen LogP contribution in [0.5, 0.6) is 0 Å². The molecule has 1 aromatic heterocycles. The van der Waals surface area contributed by atoms with Crippen molar-refractivity contribution in [2.75, 3.05) is 13.1 Å². The van der Waals surface area contributed by atoms with Gasteiger partial charge in [0.1, 0.15) is 11.4 Å². The molecule has 0 aliphatic carbocycles. The fraction of sp³-hybridized carbons (Fsp3) is 0.571. The van der Waals surface area contributed by atoms with Crippen LogP contribution < -0.4 is 5.32 Å². The molecule has 7 nitrogen and oxygen atoms in total. The summed E-state index contributed by atoms with van der Waals surface area (Å²) in [5.41, 5.74) is 0.769. The second kappa shape index (κ2) is 8.49. The molecule has 2 heterocycles. The van der Waals surface area contributed by atoms with E-state index in [1.165, 1.54) is 6.07 Å². The lowest BCUT2D eigenvalue weighted by Gasteiger charge is -2.35. The number of amides is 1. The number of carbonyl (C=O) groups excluding carboxylic acids is 1. The molecule has 29 heavy (non-hydrogen) atoms. The number of hydrogen-bond acceptors (Lipinski definition) is 6. The maximum absolute atomic E-state index is 13.5. The Morgan fingerprint density at radius 2 is 2.03 bits per heavy atom. The molecule has 0 radical (unpaired) electrons. The molecule has 1 unspecified atom stereocenters. The summed E-state index contributed by atoms with van der Waals surface area (Å²) in [5.74, 6) is 0.727. The molecule has 2 aromatic rings. The lowest BCUT2D eigenvalue weighted by Crippen LogP contribution is -2.46. The minimum absolute atomic E-state index is 0.0414. The number of rotatable bonds is 4. The Labute approximate surface area is 170 Å². The Morgan fingerprint density at radius 3 is 2.66 bits per heavy atom. The molecule has 0 bridgehead atoms. The van der Waals surface area contributed by atoms with Gasteiger partial charge in [0.25, 0.3) is 0 Å². The van der Waals surface area contributed by atoms with E-state index in [1.807, 2.05) is 27.7 Å². The predicted octanol–water partition coefficient (Wildman–Crippen LogP) is 4.23. The normalized spacial score (nSPS) is 17.2. The largest absolute Gasteiger partial charge is 0.444 e. The maximum Gasteiger partial charge on any atom is 0.407 e. The number of benzene rings is 1. The first-order valence-corrected chi connectivity index (χ1v) is 9.96. The number of aryl methyl sites for hydroxylation is 1. The van der Waals surface area contributed by atoms with Crippen LogP contribution in [0.15, 0.2) is 22.7 Å². The van der Waals surface area contributed by atoms with Crippen LogP contribution in [0.25, 0.3) is 11.4 Å². The topological polar surface area (TPSA) is 80.5 Å². The number of piperidine rings is 1. The smallest absolute Gasteiger partial charge is 0.407 e. The summed E-state index contributed by atoms with van der Waals surface area (Å²) in [7, 11) is 0. The van der Waals surface area contributed by atoms with Crippen LogP contribution in [0.4, 0.5) is 9.18 Å². The van der Waals surface area contributed by atoms with E-state index in [-0.39, 0.29) is 24.0 Å². The molecule has 1 saturated heterocycles. The van der Waals surface area contributed by atoms with Crippen molar-refractivity contribution in [2.45, 2.75) is 65.1 Å². The van der Waals surface area contributed by atoms with E-state index < -0.39 is 5.60 Å². The van der Waals surface area contributed by atoms with Crippen molar-refractivity contribution < 1.29 is 18.4 Å². The van der Waals surface area contributed by atoms with E-state index in [0.717, 1.165) is 31.5 Å². The number of likely N-dealkylation sites (tertiary alicyclic amines) is 1. The molecule has 1 fully saturated rings. The summed E-state index contributed by atoms with van der Waals surface area (Å²) >= 11 is 0. The molecule has 1 N–H and O–H groups in total. The van der Waals surface area contributed by atoms with E-state index in [2.05, 4.69) is 20.4 Å². The number of alkyl carbamates (subject to hydrolysis) is 1. The summed E-state index contributed by atoms with van der Waals surface area (Å²) in [6, 6.07) is 4.82. The van der Waals surface area contributed by atoms with Crippen molar-refractivity contribution in [1.82, 2.24) is 20.4 Å². The van der Waals surface area contributed by atoms with Crippen LogP contribution in [-0.2, 0) is 4.74 Å². The molecule has 0 saturated carbocycles. The molecule has 1 aliphatic rings. The Bertz CT molecular complexity index is 854. The second-order valence-corrected chi connectivity index (χ2v) is 8.55. The molecule has 3 rings (SSSR count). The summed E-state index contributed by atoms with van der Waals surface area (Å²) in [6.45, 7) is 10.9. The van der Waals surface area contributed by atoms with E-state index in [0.29, 0.717) is 17.3 Å². The van der Waals surface area contributed by atoms with E-state index in [9.17, 15) is 9.18 Å². The van der Waals surface area contributed by atoms with Gasteiger partial charge >= 0.3 is 6.09 Å². The molecule has 8 heteroatoms. The van der Waals surface area contributed by atoms with Gasteiger partial charge in [-0.2, -0.15) is 4.98 Å². The molecular formula is C21H29FN4O3. The highest BCUT2D eigenvalue weighted by molar-refractivity contribution is 5.68. The molecule has 158 valence electrons. The minimum Gasteiger partial charge on any atom is -0.444 e. The zero-order valence-corrected chi connectivity index (χ0v) is 17.7. The fourth-order valence-electron chi connectivity index (χ4n) is 3.37. The van der Waals surface area contributed by atoms with E-state index >= 15 is 0 Å². The van der Waals surface area contributed by atoms with Gasteiger partial charge in [-0.25, -0.2) is 9.18 Å². The van der Waals surface area contributed by atoms with Crippen molar-refractivity contribution in [3.05, 3.63) is 35.5 Å². The third kappa shape index (κ3) is 5.53. The van der Waals surface area contributed by atoms with Crippen LogP contribution in [0.1, 0.15) is 58.0 Å². The molecule has 0 spiro atoms. The first-order valence-electron chi connectivity index (χ1n) is 9.96. The van der Waals surface area contributed by atoms with Crippen molar-refractivity contribution in [3.8, 4) is 11.4 Å². The van der Waals surface area contributed by atoms with Crippen molar-refractivity contribution >= 4 is 6.09 Å². The van der Waals surface area contributed by atoms with E-state index in [4.69, 9.17) is 9.26 Å². The number of halogens is 1. The van der Waals surface area contributed by atoms with Gasteiger partial charge < -0.3 is 14.6 Å². The van der Waals surface area contributed by atoms with Crippen LogP contribution in [0, 0.1) is 12.7 Å². The monoisotopic (exact) mass is 404 g/mol. The molecule has 1 amide bonds. The van der Waals surface area contributed by atoms with Gasteiger partial charge in [0, 0.05) is 24.7 Å². The summed E-state index contributed by atoms with van der Waals surface area (Å²) in [6.07, 6.45) is 1.27. The number of nitrogens with one attached hydrogen (secondary N) is 1. The number of carbonyl (C=O) groups is 1. The maximum atomic E-state index is 13.5. The van der Waals surface area contributed by atoms with Crippen molar-refractivity contribution in [3.63, 3.8) is 0 Å². The SMILES string of the molecule is Cc1cc(-c2noc(C(C)N3CCC(NC(=O)OC(C)(C)C)CC3)n2)ccc1F. The first-order chi connectivity index (χ1) is 13.6. The number of nitrogens with zero attached hydrogens (tertiary/aromatic N) is 3. The standard InChI is InChI=1S/C21H29FN4O3/c1-13-12-15(6-7-17(13)22)18-24-19(29-25-18)14(2)26-10-8-16(9-11-26)23-20(27)28-21(3,4)5/h6-7,12,14,16H,8-11H2,1-5H3,(H,23,27). The summed E-state index contributed by atoms with van der Waals surface area (Å²) in [5, 5.41) is 6.99. The highest BCUT2D eigenvalue weighted by atomic mass is 19.1. The zero-order valence-electron chi connectivity index (χ0n) is 17.7. The van der Waals surface area contributed by atoms with Crippen molar-refractivity contribution in [1.29, 1.82) is 0 Å². The lowest BCUT2D eigenvalue weighted by molar-refractivity contribution is 0.0464. The van der Waals surface area contributed by atoms with Gasteiger partial charge in [0.15, 0.2) is 0 Å². The average molecular weight is 404 g/mol. The minimum atomic E-state index is -0.502. The quantitative estimate of drug-likeness (QED) is 0.821. The van der Waals surface area contributed by atoms with Crippen LogP contribution >= 0.6 is 0 Å². The van der Waals surface area contributed by atoms with Crippen LogP contribution in [-0.4, -0.2) is 45.9 Å². The second-order valence-electron chi connectivity index (χ2n) is 8.55. The van der Waals surface area contributed by atoms with Crippen molar-refractivity contribution in [2.24, 2.45) is 0 Å². The highest BCUT2D eigenvalue weighted by Gasteiger charge is 2.28. The first kappa shape index (κ1) is 21.2. The van der Waals surface area contributed by atoms with Gasteiger partial charge in [0.05, 0.1) is 6.04 Å². The predicted molar refractivity (Wildman–Crippen MR) is 107 cm³/mol. The van der Waals surface area contributed by atoms with Crippen LogP contribution in [0.2, 0.25) is 0 Å². The van der Waals surface area contributed by atoms with Gasteiger partial charge in [-0.05, 0) is 71.2 Å². The van der Waals surface area contributed by atoms with Crippen LogP contribution in [0.3, 0.4) is 0 Å². The summed E-state index contributed by atoms with van der Waals surface area (Å²) < 4.78 is 24.3.